The predicted octanol–water partition coefficient (Wildman–Crippen LogP) is 3.50. The minimum atomic E-state index is 0.778. The van der Waals surface area contributed by atoms with Gasteiger partial charge in [-0.25, -0.2) is 0 Å². The van der Waals surface area contributed by atoms with Crippen LogP contribution in [-0.2, 0) is 13.5 Å². The summed E-state index contributed by atoms with van der Waals surface area (Å²) >= 11 is 0. The molecule has 2 rings (SSSR count). The largest absolute Gasteiger partial charge is 0.350 e. The van der Waals surface area contributed by atoms with Crippen molar-refractivity contribution in [2.75, 3.05) is 0 Å². The van der Waals surface area contributed by atoms with Gasteiger partial charge in [-0.2, -0.15) is 0 Å². The highest BCUT2D eigenvalue weighted by Gasteiger charge is 2.09. The van der Waals surface area contributed by atoms with Crippen LogP contribution in [0, 0.1) is 0 Å². The fraction of sp³-hybridized carbons (Fsp3) is 0.267. The summed E-state index contributed by atoms with van der Waals surface area (Å²) in [7, 11) is 1.97. The smallest absolute Gasteiger partial charge is 0.152 e. The number of aryl methyl sites for hydroxylation is 1. The highest BCUT2D eigenvalue weighted by molar-refractivity contribution is 5.99. The molecular weight excluding hydrogens is 210 g/mol. The summed E-state index contributed by atoms with van der Waals surface area (Å²) in [4.78, 5) is 11.1. The van der Waals surface area contributed by atoms with E-state index in [4.69, 9.17) is 0 Å². The number of carbonyl (C=O) groups excluding carboxylic acids is 1. The molecule has 0 aliphatic heterocycles. The van der Waals surface area contributed by atoms with Crippen LogP contribution in [0.15, 0.2) is 36.0 Å². The molecule has 0 saturated carbocycles. The average Bonchev–Trinajstić information content (AvgIpc) is 2.64. The van der Waals surface area contributed by atoms with E-state index in [1.807, 2.05) is 29.9 Å². The maximum Gasteiger partial charge on any atom is 0.152 e. The van der Waals surface area contributed by atoms with Gasteiger partial charge in [0.1, 0.15) is 0 Å². The van der Waals surface area contributed by atoms with Crippen molar-refractivity contribution in [1.82, 2.24) is 4.57 Å². The van der Waals surface area contributed by atoms with Crippen LogP contribution in [0.1, 0.15) is 29.8 Å². The first-order valence-corrected chi connectivity index (χ1v) is 5.79. The van der Waals surface area contributed by atoms with Crippen LogP contribution in [0.4, 0.5) is 0 Å². The van der Waals surface area contributed by atoms with Crippen LogP contribution in [0.2, 0.25) is 0 Å². The van der Waals surface area contributed by atoms with Gasteiger partial charge in [0, 0.05) is 29.7 Å². The van der Waals surface area contributed by atoms with Crippen LogP contribution in [0.3, 0.4) is 0 Å². The molecule has 0 atom stereocenters. The molecule has 1 aromatic heterocycles. The second-order valence-electron chi connectivity index (χ2n) is 4.61. The molecule has 0 fully saturated rings. The molecule has 1 heterocycles. The molecular formula is C15H17NO. The van der Waals surface area contributed by atoms with Crippen LogP contribution >= 0.6 is 0 Å². The summed E-state index contributed by atoms with van der Waals surface area (Å²) in [5.74, 6) is 0. The number of hydrogen-bond donors (Lipinski definition) is 0. The van der Waals surface area contributed by atoms with E-state index in [0.717, 1.165) is 29.2 Å². The van der Waals surface area contributed by atoms with E-state index in [9.17, 15) is 4.79 Å². The molecule has 2 heteroatoms. The molecule has 0 spiro atoms. The number of aromatic nitrogens is 1. The Balaban J connectivity index is 2.63. The van der Waals surface area contributed by atoms with E-state index in [-0.39, 0.29) is 0 Å². The summed E-state index contributed by atoms with van der Waals surface area (Å²) in [6.07, 6.45) is 5.90. The number of carbonyl (C=O) groups is 1. The van der Waals surface area contributed by atoms with Crippen molar-refractivity contribution in [3.63, 3.8) is 0 Å². The lowest BCUT2D eigenvalue weighted by Gasteiger charge is -2.02. The van der Waals surface area contributed by atoms with Gasteiger partial charge in [-0.3, -0.25) is 4.79 Å². The highest BCUT2D eigenvalue weighted by atomic mass is 16.1. The summed E-state index contributed by atoms with van der Waals surface area (Å²) in [5.41, 5.74) is 4.41. The maximum absolute atomic E-state index is 11.1. The maximum atomic E-state index is 11.1. The predicted molar refractivity (Wildman–Crippen MR) is 71.4 cm³/mol. The first-order valence-electron chi connectivity index (χ1n) is 5.79. The summed E-state index contributed by atoms with van der Waals surface area (Å²) in [5, 5.41) is 1.09. The van der Waals surface area contributed by atoms with E-state index >= 15 is 0 Å². The van der Waals surface area contributed by atoms with Gasteiger partial charge in [0.25, 0.3) is 0 Å². The minimum Gasteiger partial charge on any atom is -0.350 e. The summed E-state index contributed by atoms with van der Waals surface area (Å²) in [6, 6.07) is 6.19. The molecule has 0 N–H and O–H groups in total. The van der Waals surface area contributed by atoms with Crippen molar-refractivity contribution in [2.45, 2.75) is 20.3 Å². The van der Waals surface area contributed by atoms with Crippen molar-refractivity contribution >= 4 is 17.2 Å². The van der Waals surface area contributed by atoms with E-state index < -0.39 is 0 Å². The number of fused-ring (bicyclic) bond motifs is 1. The Morgan fingerprint density at radius 3 is 2.76 bits per heavy atom. The lowest BCUT2D eigenvalue weighted by molar-refractivity contribution is 0.112. The molecule has 88 valence electrons. The van der Waals surface area contributed by atoms with Crippen molar-refractivity contribution in [3.8, 4) is 0 Å². The summed E-state index contributed by atoms with van der Waals surface area (Å²) in [6.45, 7) is 4.18. The Morgan fingerprint density at radius 1 is 1.35 bits per heavy atom. The van der Waals surface area contributed by atoms with Gasteiger partial charge >= 0.3 is 0 Å². The quantitative estimate of drug-likeness (QED) is 0.581. The first-order chi connectivity index (χ1) is 8.13. The zero-order chi connectivity index (χ0) is 12.4. The average molecular weight is 227 g/mol. The Morgan fingerprint density at radius 2 is 2.12 bits per heavy atom. The zero-order valence-corrected chi connectivity index (χ0v) is 10.5. The molecule has 2 nitrogen and oxygen atoms in total. The van der Waals surface area contributed by atoms with Gasteiger partial charge in [-0.15, -0.1) is 0 Å². The third-order valence-corrected chi connectivity index (χ3v) is 2.99. The van der Waals surface area contributed by atoms with Gasteiger partial charge in [-0.05, 0) is 31.9 Å². The van der Waals surface area contributed by atoms with Crippen LogP contribution in [0.5, 0.6) is 0 Å². The fourth-order valence-electron chi connectivity index (χ4n) is 2.13. The number of aldehydes is 1. The Hall–Kier alpha value is -1.83. The first kappa shape index (κ1) is 11.6. The lowest BCUT2D eigenvalue weighted by atomic mass is 10.0. The molecule has 0 amide bonds. The molecule has 2 aromatic rings. The van der Waals surface area contributed by atoms with Crippen LogP contribution in [-0.4, -0.2) is 10.9 Å². The van der Waals surface area contributed by atoms with Gasteiger partial charge in [-0.1, -0.05) is 23.8 Å². The van der Waals surface area contributed by atoms with Gasteiger partial charge < -0.3 is 4.57 Å². The second-order valence-corrected chi connectivity index (χ2v) is 4.61. The Labute approximate surface area is 102 Å². The van der Waals surface area contributed by atoms with E-state index in [2.05, 4.69) is 26.0 Å². The van der Waals surface area contributed by atoms with Gasteiger partial charge in [0.2, 0.25) is 0 Å². The fourth-order valence-corrected chi connectivity index (χ4v) is 2.13. The standard InChI is InChI=1S/C15H17NO/c1-11(2)7-8-12-5-4-6-14-15(12)13(10-17)9-16(14)3/h4-7,9-10H,8H2,1-3H3. The lowest BCUT2D eigenvalue weighted by Crippen LogP contribution is -1.87. The van der Waals surface area contributed by atoms with E-state index in [1.165, 1.54) is 11.1 Å². The van der Waals surface area contributed by atoms with E-state index in [1.54, 1.807) is 0 Å². The molecule has 0 aliphatic carbocycles. The number of rotatable bonds is 3. The molecule has 0 bridgehead atoms. The van der Waals surface area contributed by atoms with E-state index in [0.29, 0.717) is 0 Å². The summed E-state index contributed by atoms with van der Waals surface area (Å²) < 4.78 is 2.01. The molecule has 0 radical (unpaired) electrons. The van der Waals surface area contributed by atoms with Crippen molar-refractivity contribution < 1.29 is 4.79 Å². The molecule has 1 aromatic carbocycles. The molecule has 17 heavy (non-hydrogen) atoms. The molecule has 0 saturated heterocycles. The van der Waals surface area contributed by atoms with Gasteiger partial charge in [0.05, 0.1) is 0 Å². The number of allylic oxidation sites excluding steroid dienone is 2. The van der Waals surface area contributed by atoms with Crippen molar-refractivity contribution in [3.05, 3.63) is 47.2 Å². The zero-order valence-electron chi connectivity index (χ0n) is 10.5. The topological polar surface area (TPSA) is 22.0 Å². The highest BCUT2D eigenvalue weighted by Crippen LogP contribution is 2.24. The SMILES string of the molecule is CC(C)=CCc1cccc2c1c(C=O)cn2C. The third kappa shape index (κ3) is 2.16. The Bertz CT molecular complexity index is 586. The number of benzene rings is 1. The van der Waals surface area contributed by atoms with Crippen LogP contribution < -0.4 is 0 Å². The normalized spacial score (nSPS) is 10.5. The molecule has 0 aliphatic rings. The second kappa shape index (κ2) is 4.58. The van der Waals surface area contributed by atoms with Gasteiger partial charge in [0.15, 0.2) is 6.29 Å². The van der Waals surface area contributed by atoms with Crippen LogP contribution in [0.25, 0.3) is 10.9 Å². The Kier molecular flexibility index (Phi) is 3.14. The van der Waals surface area contributed by atoms with Crippen molar-refractivity contribution in [2.24, 2.45) is 7.05 Å². The number of nitrogens with zero attached hydrogens (tertiary/aromatic N) is 1. The van der Waals surface area contributed by atoms with Crippen molar-refractivity contribution in [1.29, 1.82) is 0 Å². The minimum absolute atomic E-state index is 0.778. The number of hydrogen-bond acceptors (Lipinski definition) is 1. The monoisotopic (exact) mass is 227 g/mol. The molecule has 0 unspecified atom stereocenters. The third-order valence-electron chi connectivity index (χ3n) is 2.99.